The van der Waals surface area contributed by atoms with E-state index in [1.165, 1.54) is 12.1 Å². The Bertz CT molecular complexity index is 636. The molecule has 0 fully saturated rings. The Labute approximate surface area is 109 Å². The molecular weight excluding hydrogens is 244 g/mol. The largest absolute Gasteiger partial charge is 0.399 e. The van der Waals surface area contributed by atoms with Crippen molar-refractivity contribution >= 4 is 22.7 Å². The van der Waals surface area contributed by atoms with Crippen LogP contribution in [-0.4, -0.2) is 4.92 Å². The summed E-state index contributed by atoms with van der Waals surface area (Å²) in [5.41, 5.74) is 8.61. The first-order chi connectivity index (χ1) is 9.06. The second kappa shape index (κ2) is 5.26. The van der Waals surface area contributed by atoms with Crippen molar-refractivity contribution in [2.75, 3.05) is 5.73 Å². The van der Waals surface area contributed by atoms with E-state index in [2.05, 4.69) is 10.2 Å². The van der Waals surface area contributed by atoms with Crippen LogP contribution in [0.15, 0.2) is 52.7 Å². The summed E-state index contributed by atoms with van der Waals surface area (Å²) < 4.78 is 0. The van der Waals surface area contributed by atoms with Crippen molar-refractivity contribution in [3.63, 3.8) is 0 Å². The lowest BCUT2D eigenvalue weighted by atomic mass is 10.2. The molecule has 0 bridgehead atoms. The van der Waals surface area contributed by atoms with Gasteiger partial charge in [-0.3, -0.25) is 10.1 Å². The maximum atomic E-state index is 10.5. The molecule has 0 aliphatic rings. The predicted octanol–water partition coefficient (Wildman–Crippen LogP) is 3.90. The standard InChI is InChI=1S/C13H12N4O2/c1-9-8-11(4-7-13(9)14)16-15-10-2-5-12(6-3-10)17(18)19/h2-8H,14H2,1H3/b16-15+. The highest BCUT2D eigenvalue weighted by Gasteiger charge is 2.03. The average Bonchev–Trinajstić information content (AvgIpc) is 2.40. The predicted molar refractivity (Wildman–Crippen MR) is 72.9 cm³/mol. The van der Waals surface area contributed by atoms with Crippen molar-refractivity contribution < 1.29 is 4.92 Å². The van der Waals surface area contributed by atoms with Crippen LogP contribution in [0.4, 0.5) is 22.7 Å². The Hall–Kier alpha value is -2.76. The third kappa shape index (κ3) is 3.12. The number of nitrogens with zero attached hydrogens (tertiary/aromatic N) is 3. The number of anilines is 1. The Kier molecular flexibility index (Phi) is 3.51. The topological polar surface area (TPSA) is 93.9 Å². The van der Waals surface area contributed by atoms with Gasteiger partial charge in [0, 0.05) is 17.8 Å². The molecule has 2 aromatic carbocycles. The number of nitrogens with two attached hydrogens (primary N) is 1. The Balaban J connectivity index is 2.17. The monoisotopic (exact) mass is 256 g/mol. The van der Waals surface area contributed by atoms with Gasteiger partial charge in [-0.2, -0.15) is 10.2 Å². The van der Waals surface area contributed by atoms with E-state index < -0.39 is 4.92 Å². The van der Waals surface area contributed by atoms with Gasteiger partial charge in [-0.1, -0.05) is 0 Å². The van der Waals surface area contributed by atoms with Gasteiger partial charge >= 0.3 is 0 Å². The molecule has 0 amide bonds. The van der Waals surface area contributed by atoms with E-state index in [4.69, 9.17) is 5.73 Å². The van der Waals surface area contributed by atoms with Crippen molar-refractivity contribution in [2.45, 2.75) is 6.92 Å². The summed E-state index contributed by atoms with van der Waals surface area (Å²) in [5.74, 6) is 0. The number of rotatable bonds is 3. The summed E-state index contributed by atoms with van der Waals surface area (Å²) in [6.07, 6.45) is 0. The van der Waals surface area contributed by atoms with Crippen LogP contribution in [0, 0.1) is 17.0 Å². The second-order valence-corrected chi connectivity index (χ2v) is 4.01. The fourth-order valence-corrected chi connectivity index (χ4v) is 1.48. The lowest BCUT2D eigenvalue weighted by Gasteiger charge is -1.99. The Morgan fingerprint density at radius 2 is 1.63 bits per heavy atom. The van der Waals surface area contributed by atoms with Crippen LogP contribution in [-0.2, 0) is 0 Å². The Morgan fingerprint density at radius 1 is 1.05 bits per heavy atom. The number of nitro groups is 1. The molecule has 0 heterocycles. The van der Waals surface area contributed by atoms with Crippen LogP contribution >= 0.6 is 0 Å². The van der Waals surface area contributed by atoms with Crippen molar-refractivity contribution in [2.24, 2.45) is 10.2 Å². The summed E-state index contributed by atoms with van der Waals surface area (Å²) >= 11 is 0. The number of hydrogen-bond acceptors (Lipinski definition) is 5. The van der Waals surface area contributed by atoms with E-state index in [1.54, 1.807) is 24.3 Å². The van der Waals surface area contributed by atoms with Gasteiger partial charge in [0.2, 0.25) is 0 Å². The van der Waals surface area contributed by atoms with Crippen LogP contribution in [0.25, 0.3) is 0 Å². The zero-order valence-electron chi connectivity index (χ0n) is 10.3. The van der Waals surface area contributed by atoms with E-state index in [1.807, 2.05) is 13.0 Å². The number of nitro benzene ring substituents is 1. The van der Waals surface area contributed by atoms with E-state index >= 15 is 0 Å². The number of aryl methyl sites for hydroxylation is 1. The molecule has 2 N–H and O–H groups in total. The minimum Gasteiger partial charge on any atom is -0.399 e. The molecule has 0 spiro atoms. The first kappa shape index (κ1) is 12.7. The van der Waals surface area contributed by atoms with Gasteiger partial charge in [0.05, 0.1) is 16.3 Å². The SMILES string of the molecule is Cc1cc(/N=N/c2ccc([N+](=O)[O-])cc2)ccc1N. The zero-order chi connectivity index (χ0) is 13.8. The van der Waals surface area contributed by atoms with Gasteiger partial charge in [-0.25, -0.2) is 0 Å². The van der Waals surface area contributed by atoms with Crippen molar-refractivity contribution in [3.05, 3.63) is 58.1 Å². The van der Waals surface area contributed by atoms with Crippen molar-refractivity contribution in [1.82, 2.24) is 0 Å². The summed E-state index contributed by atoms with van der Waals surface area (Å²) in [6, 6.07) is 11.2. The zero-order valence-corrected chi connectivity index (χ0v) is 10.3. The second-order valence-electron chi connectivity index (χ2n) is 4.01. The van der Waals surface area contributed by atoms with Crippen LogP contribution in [0.2, 0.25) is 0 Å². The molecule has 2 rings (SSSR count). The number of benzene rings is 2. The molecule has 6 heteroatoms. The molecule has 0 aliphatic carbocycles. The van der Waals surface area contributed by atoms with Gasteiger partial charge < -0.3 is 5.73 Å². The fourth-order valence-electron chi connectivity index (χ4n) is 1.48. The van der Waals surface area contributed by atoms with Crippen molar-refractivity contribution in [1.29, 1.82) is 0 Å². The van der Waals surface area contributed by atoms with Gasteiger partial charge in [0.15, 0.2) is 0 Å². The minimum absolute atomic E-state index is 0.0299. The summed E-state index contributed by atoms with van der Waals surface area (Å²) in [7, 11) is 0. The summed E-state index contributed by atoms with van der Waals surface area (Å²) in [5, 5.41) is 18.6. The lowest BCUT2D eigenvalue weighted by molar-refractivity contribution is -0.384. The van der Waals surface area contributed by atoms with Crippen molar-refractivity contribution in [3.8, 4) is 0 Å². The molecule has 6 nitrogen and oxygen atoms in total. The molecule has 0 saturated carbocycles. The van der Waals surface area contributed by atoms with Gasteiger partial charge in [-0.15, -0.1) is 0 Å². The lowest BCUT2D eigenvalue weighted by Crippen LogP contribution is -1.87. The van der Waals surface area contributed by atoms with Gasteiger partial charge in [0.25, 0.3) is 5.69 Å². The number of non-ortho nitro benzene ring substituents is 1. The quantitative estimate of drug-likeness (QED) is 0.390. The molecule has 0 aliphatic heterocycles. The highest BCUT2D eigenvalue weighted by atomic mass is 16.6. The first-order valence-corrected chi connectivity index (χ1v) is 5.58. The molecular formula is C13H12N4O2. The van der Waals surface area contributed by atoms with E-state index in [9.17, 15) is 10.1 Å². The molecule has 0 aromatic heterocycles. The van der Waals surface area contributed by atoms with Crippen LogP contribution in [0.1, 0.15) is 5.56 Å². The maximum absolute atomic E-state index is 10.5. The van der Waals surface area contributed by atoms with E-state index in [0.717, 1.165) is 5.56 Å². The molecule has 0 unspecified atom stereocenters. The number of hydrogen-bond donors (Lipinski definition) is 1. The molecule has 0 saturated heterocycles. The summed E-state index contributed by atoms with van der Waals surface area (Å²) in [6.45, 7) is 1.89. The summed E-state index contributed by atoms with van der Waals surface area (Å²) in [4.78, 5) is 10.0. The molecule has 0 radical (unpaired) electrons. The minimum atomic E-state index is -0.454. The van der Waals surface area contributed by atoms with Crippen LogP contribution < -0.4 is 5.73 Å². The Morgan fingerprint density at radius 3 is 2.21 bits per heavy atom. The van der Waals surface area contributed by atoms with Gasteiger partial charge in [-0.05, 0) is 42.8 Å². The third-order valence-electron chi connectivity index (χ3n) is 2.59. The van der Waals surface area contributed by atoms with E-state index in [-0.39, 0.29) is 5.69 Å². The molecule has 2 aromatic rings. The normalized spacial score (nSPS) is 10.8. The molecule has 19 heavy (non-hydrogen) atoms. The number of azo groups is 1. The van der Waals surface area contributed by atoms with Gasteiger partial charge in [0.1, 0.15) is 0 Å². The fraction of sp³-hybridized carbons (Fsp3) is 0.0769. The highest BCUT2D eigenvalue weighted by molar-refractivity contribution is 5.54. The first-order valence-electron chi connectivity index (χ1n) is 5.58. The average molecular weight is 256 g/mol. The number of nitrogen functional groups attached to an aromatic ring is 1. The van der Waals surface area contributed by atoms with E-state index in [0.29, 0.717) is 17.1 Å². The molecule has 96 valence electrons. The maximum Gasteiger partial charge on any atom is 0.269 e. The highest BCUT2D eigenvalue weighted by Crippen LogP contribution is 2.23. The van der Waals surface area contributed by atoms with Crippen LogP contribution in [0.5, 0.6) is 0 Å². The smallest absolute Gasteiger partial charge is 0.269 e. The molecule has 0 atom stereocenters. The third-order valence-corrected chi connectivity index (χ3v) is 2.59. The van der Waals surface area contributed by atoms with Crippen LogP contribution in [0.3, 0.4) is 0 Å².